The number of carbonyl (C=O) groups is 2. The molecule has 0 radical (unpaired) electrons. The lowest BCUT2D eigenvalue weighted by molar-refractivity contribution is -0.140. The fraction of sp³-hybridized carbons (Fsp3) is 0.176. The second-order valence-corrected chi connectivity index (χ2v) is 6.17. The zero-order valence-corrected chi connectivity index (χ0v) is 14.4. The molecule has 0 aromatic heterocycles. The number of nitrogens with one attached hydrogen (secondary N) is 1. The van der Waals surface area contributed by atoms with Crippen molar-refractivity contribution < 1.29 is 14.7 Å². The van der Waals surface area contributed by atoms with E-state index in [9.17, 15) is 9.59 Å². The van der Waals surface area contributed by atoms with Crippen molar-refractivity contribution in [3.63, 3.8) is 0 Å². The zero-order valence-electron chi connectivity index (χ0n) is 12.8. The Hall–Kier alpha value is -2.08. The second-order valence-electron chi connectivity index (χ2n) is 5.36. The van der Waals surface area contributed by atoms with E-state index in [4.69, 9.17) is 34.0 Å². The molecule has 24 heavy (non-hydrogen) atoms. The molecule has 5 nitrogen and oxygen atoms in total. The van der Waals surface area contributed by atoms with Crippen LogP contribution in [-0.2, 0) is 9.59 Å². The minimum Gasteiger partial charge on any atom is -0.480 e. The van der Waals surface area contributed by atoms with Crippen LogP contribution in [-0.4, -0.2) is 23.0 Å². The summed E-state index contributed by atoms with van der Waals surface area (Å²) in [5.74, 6) is -1.66. The Morgan fingerprint density at radius 3 is 2.46 bits per heavy atom. The molecule has 0 spiro atoms. The minimum atomic E-state index is -1.22. The van der Waals surface area contributed by atoms with Gasteiger partial charge in [0.25, 0.3) is 0 Å². The van der Waals surface area contributed by atoms with Gasteiger partial charge in [-0.05, 0) is 47.9 Å². The van der Waals surface area contributed by atoms with Crippen LogP contribution in [0, 0.1) is 6.92 Å². The van der Waals surface area contributed by atoms with Crippen molar-refractivity contribution in [1.82, 2.24) is 0 Å². The number of aliphatic carboxylic acids is 1. The Kier molecular flexibility index (Phi) is 5.83. The summed E-state index contributed by atoms with van der Waals surface area (Å²) in [5.41, 5.74) is 8.70. The topological polar surface area (TPSA) is 92.4 Å². The van der Waals surface area contributed by atoms with Gasteiger partial charge in [0.05, 0.1) is 16.5 Å². The fourth-order valence-electron chi connectivity index (χ4n) is 2.23. The van der Waals surface area contributed by atoms with Crippen molar-refractivity contribution in [2.75, 3.05) is 5.32 Å². The number of amides is 1. The molecule has 7 heteroatoms. The van der Waals surface area contributed by atoms with Crippen LogP contribution in [0.1, 0.15) is 12.0 Å². The van der Waals surface area contributed by atoms with Gasteiger partial charge in [-0.25, -0.2) is 0 Å². The fourth-order valence-corrected chi connectivity index (χ4v) is 2.53. The highest BCUT2D eigenvalue weighted by atomic mass is 35.5. The summed E-state index contributed by atoms with van der Waals surface area (Å²) in [4.78, 5) is 22.5. The first-order chi connectivity index (χ1) is 11.3. The third kappa shape index (κ3) is 4.47. The molecule has 0 aliphatic carbocycles. The number of carboxylic acids is 1. The first kappa shape index (κ1) is 18.3. The van der Waals surface area contributed by atoms with Crippen LogP contribution in [0.15, 0.2) is 36.4 Å². The van der Waals surface area contributed by atoms with Gasteiger partial charge < -0.3 is 16.2 Å². The van der Waals surface area contributed by atoms with Gasteiger partial charge in [-0.1, -0.05) is 35.3 Å². The number of rotatable bonds is 5. The molecular weight excluding hydrogens is 351 g/mol. The van der Waals surface area contributed by atoms with Crippen LogP contribution in [0.5, 0.6) is 0 Å². The van der Waals surface area contributed by atoms with Gasteiger partial charge in [-0.3, -0.25) is 9.59 Å². The van der Waals surface area contributed by atoms with Crippen LogP contribution < -0.4 is 11.1 Å². The summed E-state index contributed by atoms with van der Waals surface area (Å²) in [7, 11) is 0. The molecule has 0 unspecified atom stereocenters. The molecule has 2 rings (SSSR count). The molecule has 0 heterocycles. The van der Waals surface area contributed by atoms with E-state index in [0.717, 1.165) is 16.7 Å². The lowest BCUT2D eigenvalue weighted by Gasteiger charge is -2.12. The summed E-state index contributed by atoms with van der Waals surface area (Å²) in [6.45, 7) is 1.90. The molecule has 0 aliphatic heterocycles. The van der Waals surface area contributed by atoms with Gasteiger partial charge in [-0.15, -0.1) is 0 Å². The van der Waals surface area contributed by atoms with E-state index in [1.165, 1.54) is 0 Å². The second kappa shape index (κ2) is 7.66. The average Bonchev–Trinajstić information content (AvgIpc) is 2.50. The van der Waals surface area contributed by atoms with E-state index in [1.807, 2.05) is 19.1 Å². The van der Waals surface area contributed by atoms with Crippen LogP contribution >= 0.6 is 23.2 Å². The third-order valence-electron chi connectivity index (χ3n) is 3.46. The number of hydrogen-bond acceptors (Lipinski definition) is 3. The van der Waals surface area contributed by atoms with E-state index in [0.29, 0.717) is 15.7 Å². The summed E-state index contributed by atoms with van der Waals surface area (Å²) in [5, 5.41) is 12.3. The summed E-state index contributed by atoms with van der Waals surface area (Å²) in [6, 6.07) is 9.51. The maximum atomic E-state index is 11.8. The highest BCUT2D eigenvalue weighted by Crippen LogP contribution is 2.31. The molecule has 1 amide bonds. The van der Waals surface area contributed by atoms with E-state index in [1.54, 1.807) is 24.3 Å². The average molecular weight is 367 g/mol. The monoisotopic (exact) mass is 366 g/mol. The normalized spacial score (nSPS) is 11.8. The Morgan fingerprint density at radius 2 is 1.88 bits per heavy atom. The molecular formula is C17H16Cl2N2O3. The SMILES string of the molecule is Cc1cc(NC(=O)C[C@H](N)C(=O)O)ccc1-c1ccc(Cl)c(Cl)c1. The van der Waals surface area contributed by atoms with Crippen molar-refractivity contribution in [3.8, 4) is 11.1 Å². The van der Waals surface area contributed by atoms with Crippen LogP contribution in [0.2, 0.25) is 10.0 Å². The molecule has 0 fully saturated rings. The molecule has 0 bridgehead atoms. The summed E-state index contributed by atoms with van der Waals surface area (Å²) < 4.78 is 0. The Labute approximate surface area is 149 Å². The summed E-state index contributed by atoms with van der Waals surface area (Å²) in [6.07, 6.45) is -0.289. The van der Waals surface area contributed by atoms with E-state index in [2.05, 4.69) is 5.32 Å². The van der Waals surface area contributed by atoms with Gasteiger partial charge in [0.15, 0.2) is 0 Å². The van der Waals surface area contributed by atoms with Gasteiger partial charge in [0.1, 0.15) is 6.04 Å². The van der Waals surface area contributed by atoms with Crippen LogP contribution in [0.3, 0.4) is 0 Å². The minimum absolute atomic E-state index is 0.289. The maximum Gasteiger partial charge on any atom is 0.321 e. The number of benzene rings is 2. The predicted molar refractivity (Wildman–Crippen MR) is 95.5 cm³/mol. The maximum absolute atomic E-state index is 11.8. The van der Waals surface area contributed by atoms with E-state index < -0.39 is 17.9 Å². The lowest BCUT2D eigenvalue weighted by Crippen LogP contribution is -2.34. The molecule has 0 saturated carbocycles. The van der Waals surface area contributed by atoms with Gasteiger partial charge in [-0.2, -0.15) is 0 Å². The number of hydrogen-bond donors (Lipinski definition) is 3. The van der Waals surface area contributed by atoms with E-state index >= 15 is 0 Å². The van der Waals surface area contributed by atoms with Crippen molar-refractivity contribution in [1.29, 1.82) is 0 Å². The number of aryl methyl sites for hydroxylation is 1. The summed E-state index contributed by atoms with van der Waals surface area (Å²) >= 11 is 12.0. The van der Waals surface area contributed by atoms with Crippen molar-refractivity contribution in [3.05, 3.63) is 52.0 Å². The zero-order chi connectivity index (χ0) is 17.9. The van der Waals surface area contributed by atoms with Crippen LogP contribution in [0.25, 0.3) is 11.1 Å². The van der Waals surface area contributed by atoms with Crippen molar-refractivity contribution in [2.24, 2.45) is 5.73 Å². The number of nitrogens with two attached hydrogens (primary N) is 1. The van der Waals surface area contributed by atoms with Gasteiger partial charge in [0.2, 0.25) is 5.91 Å². The molecule has 2 aromatic carbocycles. The Morgan fingerprint density at radius 1 is 1.17 bits per heavy atom. The lowest BCUT2D eigenvalue weighted by atomic mass is 10.00. The highest BCUT2D eigenvalue weighted by Gasteiger charge is 2.16. The molecule has 4 N–H and O–H groups in total. The molecule has 0 aliphatic rings. The Balaban J connectivity index is 2.16. The first-order valence-electron chi connectivity index (χ1n) is 7.12. The van der Waals surface area contributed by atoms with Gasteiger partial charge in [0, 0.05) is 5.69 Å². The number of anilines is 1. The predicted octanol–water partition coefficient (Wildman–Crippen LogP) is 3.71. The Bertz CT molecular complexity index is 793. The van der Waals surface area contributed by atoms with E-state index in [-0.39, 0.29) is 6.42 Å². The third-order valence-corrected chi connectivity index (χ3v) is 4.20. The standard InChI is InChI=1S/C17H16Cl2N2O3/c1-9-6-11(21-16(22)8-15(20)17(23)24)3-4-12(9)10-2-5-13(18)14(19)7-10/h2-7,15H,8,20H2,1H3,(H,21,22)(H,23,24)/t15-/m0/s1. The first-order valence-corrected chi connectivity index (χ1v) is 7.88. The number of carboxylic acid groups (broad SMARTS) is 1. The van der Waals surface area contributed by atoms with Crippen molar-refractivity contribution in [2.45, 2.75) is 19.4 Å². The molecule has 126 valence electrons. The smallest absolute Gasteiger partial charge is 0.321 e. The quantitative estimate of drug-likeness (QED) is 0.751. The number of halogens is 2. The number of carbonyl (C=O) groups excluding carboxylic acids is 1. The van der Waals surface area contributed by atoms with Crippen molar-refractivity contribution >= 4 is 40.8 Å². The highest BCUT2D eigenvalue weighted by molar-refractivity contribution is 6.42. The largest absolute Gasteiger partial charge is 0.480 e. The molecule has 0 saturated heterocycles. The van der Waals surface area contributed by atoms with Gasteiger partial charge >= 0.3 is 5.97 Å². The molecule has 2 aromatic rings. The van der Waals surface area contributed by atoms with Crippen LogP contribution in [0.4, 0.5) is 5.69 Å². The molecule has 1 atom stereocenters.